The van der Waals surface area contributed by atoms with Crippen LogP contribution in [0.4, 0.5) is 0 Å². The number of carboxylic acid groups (broad SMARTS) is 1. The standard InChI is InChI=1S/C12H14N2O4/c15-10(2-1-3-11(16)17)8-14-12(18)9-4-6-13-7-5-9/h4-7H,1-3,8H2,(H,14,18)(H,16,17). The third-order valence-corrected chi connectivity index (χ3v) is 2.23. The number of carboxylic acids is 1. The van der Waals surface area contributed by atoms with Crippen LogP contribution in [-0.4, -0.2) is 34.3 Å². The van der Waals surface area contributed by atoms with Crippen LogP contribution in [0.3, 0.4) is 0 Å². The summed E-state index contributed by atoms with van der Waals surface area (Å²) in [5, 5.41) is 10.9. The molecule has 0 atom stereocenters. The molecule has 0 bridgehead atoms. The second-order valence-electron chi connectivity index (χ2n) is 3.70. The monoisotopic (exact) mass is 250 g/mol. The highest BCUT2D eigenvalue weighted by Crippen LogP contribution is 1.98. The summed E-state index contributed by atoms with van der Waals surface area (Å²) >= 11 is 0. The number of rotatable bonds is 7. The van der Waals surface area contributed by atoms with E-state index in [0.29, 0.717) is 12.0 Å². The van der Waals surface area contributed by atoms with Gasteiger partial charge < -0.3 is 10.4 Å². The molecule has 2 N–H and O–H groups in total. The molecule has 1 rings (SSSR count). The van der Waals surface area contributed by atoms with Gasteiger partial charge in [0.25, 0.3) is 5.91 Å². The first-order chi connectivity index (χ1) is 8.59. The minimum atomic E-state index is -0.927. The Morgan fingerprint density at radius 3 is 2.44 bits per heavy atom. The van der Waals surface area contributed by atoms with Crippen molar-refractivity contribution < 1.29 is 19.5 Å². The average molecular weight is 250 g/mol. The van der Waals surface area contributed by atoms with Gasteiger partial charge >= 0.3 is 5.97 Å². The molecular weight excluding hydrogens is 236 g/mol. The Bertz CT molecular complexity index is 431. The highest BCUT2D eigenvalue weighted by Gasteiger charge is 2.08. The first kappa shape index (κ1) is 13.8. The van der Waals surface area contributed by atoms with Crippen molar-refractivity contribution in [2.24, 2.45) is 0 Å². The first-order valence-corrected chi connectivity index (χ1v) is 5.51. The van der Waals surface area contributed by atoms with E-state index in [1.165, 1.54) is 12.4 Å². The van der Waals surface area contributed by atoms with Gasteiger partial charge in [-0.2, -0.15) is 0 Å². The minimum absolute atomic E-state index is 0.0377. The number of carbonyl (C=O) groups is 3. The van der Waals surface area contributed by atoms with Crippen LogP contribution in [0.2, 0.25) is 0 Å². The minimum Gasteiger partial charge on any atom is -0.481 e. The van der Waals surface area contributed by atoms with Crippen molar-refractivity contribution in [3.05, 3.63) is 30.1 Å². The Morgan fingerprint density at radius 2 is 1.83 bits per heavy atom. The second-order valence-corrected chi connectivity index (χ2v) is 3.70. The molecule has 0 aliphatic carbocycles. The lowest BCUT2D eigenvalue weighted by Gasteiger charge is -2.03. The molecule has 0 aliphatic heterocycles. The van der Waals surface area contributed by atoms with E-state index in [4.69, 9.17) is 5.11 Å². The maximum atomic E-state index is 11.5. The molecule has 0 saturated heterocycles. The van der Waals surface area contributed by atoms with Crippen molar-refractivity contribution >= 4 is 17.7 Å². The Balaban J connectivity index is 2.26. The molecule has 1 aromatic rings. The largest absolute Gasteiger partial charge is 0.481 e. The summed E-state index contributed by atoms with van der Waals surface area (Å²) in [6.45, 7) is -0.0826. The fraction of sp³-hybridized carbons (Fsp3) is 0.333. The Labute approximate surface area is 104 Å². The molecule has 0 radical (unpaired) electrons. The summed E-state index contributed by atoms with van der Waals surface area (Å²) < 4.78 is 0. The number of nitrogens with one attached hydrogen (secondary N) is 1. The Hall–Kier alpha value is -2.24. The maximum Gasteiger partial charge on any atom is 0.303 e. The van der Waals surface area contributed by atoms with Crippen molar-refractivity contribution in [3.8, 4) is 0 Å². The molecule has 6 heteroatoms. The molecule has 1 amide bonds. The summed E-state index contributed by atoms with van der Waals surface area (Å²) in [7, 11) is 0. The smallest absolute Gasteiger partial charge is 0.303 e. The van der Waals surface area contributed by atoms with Crippen molar-refractivity contribution in [2.75, 3.05) is 6.54 Å². The van der Waals surface area contributed by atoms with Gasteiger partial charge in [-0.15, -0.1) is 0 Å². The van der Waals surface area contributed by atoms with Gasteiger partial charge in [0.05, 0.1) is 6.54 Å². The molecule has 18 heavy (non-hydrogen) atoms. The predicted octanol–water partition coefficient (Wildman–Crippen LogP) is 0.635. The maximum absolute atomic E-state index is 11.5. The lowest BCUT2D eigenvalue weighted by Crippen LogP contribution is -2.29. The summed E-state index contributed by atoms with van der Waals surface area (Å²) in [5.74, 6) is -1.45. The van der Waals surface area contributed by atoms with Crippen LogP contribution in [0.25, 0.3) is 0 Å². The van der Waals surface area contributed by atoms with E-state index < -0.39 is 5.97 Å². The number of pyridine rings is 1. The number of hydrogen-bond acceptors (Lipinski definition) is 4. The van der Waals surface area contributed by atoms with Gasteiger partial charge in [-0.05, 0) is 18.6 Å². The van der Waals surface area contributed by atoms with E-state index in [-0.39, 0.29) is 31.1 Å². The molecule has 0 fully saturated rings. The van der Waals surface area contributed by atoms with Gasteiger partial charge in [0.15, 0.2) is 5.78 Å². The van der Waals surface area contributed by atoms with Crippen molar-refractivity contribution in [1.82, 2.24) is 10.3 Å². The fourth-order valence-electron chi connectivity index (χ4n) is 1.31. The zero-order chi connectivity index (χ0) is 13.4. The number of carbonyl (C=O) groups excluding carboxylic acids is 2. The normalized spacial score (nSPS) is 9.78. The topological polar surface area (TPSA) is 96.4 Å². The first-order valence-electron chi connectivity index (χ1n) is 5.51. The van der Waals surface area contributed by atoms with Crippen LogP contribution in [0.5, 0.6) is 0 Å². The third kappa shape index (κ3) is 5.20. The summed E-state index contributed by atoms with van der Waals surface area (Å²) in [4.78, 5) is 36.9. The van der Waals surface area contributed by atoms with Gasteiger partial charge in [0, 0.05) is 30.8 Å². The molecule has 0 aliphatic rings. The quantitative estimate of drug-likeness (QED) is 0.740. The lowest BCUT2D eigenvalue weighted by atomic mass is 10.1. The Kier molecular flexibility index (Phi) is 5.50. The number of hydrogen-bond donors (Lipinski definition) is 2. The van der Waals surface area contributed by atoms with Crippen LogP contribution in [0, 0.1) is 0 Å². The fourth-order valence-corrected chi connectivity index (χ4v) is 1.31. The Morgan fingerprint density at radius 1 is 1.17 bits per heavy atom. The van der Waals surface area contributed by atoms with Crippen molar-refractivity contribution in [1.29, 1.82) is 0 Å². The molecule has 0 aromatic carbocycles. The summed E-state index contributed by atoms with van der Waals surface area (Å²) in [5.41, 5.74) is 0.434. The molecular formula is C12H14N2O4. The van der Waals surface area contributed by atoms with E-state index in [1.54, 1.807) is 12.1 Å². The van der Waals surface area contributed by atoms with Crippen LogP contribution in [-0.2, 0) is 9.59 Å². The number of amides is 1. The third-order valence-electron chi connectivity index (χ3n) is 2.23. The summed E-state index contributed by atoms with van der Waals surface area (Å²) in [6, 6.07) is 3.09. The lowest BCUT2D eigenvalue weighted by molar-refractivity contribution is -0.137. The molecule has 0 unspecified atom stereocenters. The van der Waals surface area contributed by atoms with Crippen LogP contribution < -0.4 is 5.32 Å². The van der Waals surface area contributed by atoms with Gasteiger partial charge in [0.1, 0.15) is 0 Å². The van der Waals surface area contributed by atoms with E-state index in [0.717, 1.165) is 0 Å². The van der Waals surface area contributed by atoms with Gasteiger partial charge in [0.2, 0.25) is 0 Å². The average Bonchev–Trinajstić information content (AvgIpc) is 2.36. The highest BCUT2D eigenvalue weighted by molar-refractivity contribution is 5.96. The van der Waals surface area contributed by atoms with Crippen molar-refractivity contribution in [2.45, 2.75) is 19.3 Å². The second kappa shape index (κ2) is 7.16. The van der Waals surface area contributed by atoms with Crippen molar-refractivity contribution in [3.63, 3.8) is 0 Å². The zero-order valence-electron chi connectivity index (χ0n) is 9.76. The van der Waals surface area contributed by atoms with E-state index in [9.17, 15) is 14.4 Å². The summed E-state index contributed by atoms with van der Waals surface area (Å²) in [6.07, 6.45) is 3.39. The molecule has 1 aromatic heterocycles. The molecule has 6 nitrogen and oxygen atoms in total. The number of Topliss-reactive ketones (excluding diaryl/α,β-unsaturated/α-hetero) is 1. The number of aromatic nitrogens is 1. The predicted molar refractivity (Wildman–Crippen MR) is 63.1 cm³/mol. The molecule has 0 spiro atoms. The highest BCUT2D eigenvalue weighted by atomic mass is 16.4. The van der Waals surface area contributed by atoms with Crippen LogP contribution in [0.15, 0.2) is 24.5 Å². The molecule has 96 valence electrons. The van der Waals surface area contributed by atoms with Gasteiger partial charge in [-0.3, -0.25) is 19.4 Å². The van der Waals surface area contributed by atoms with Crippen LogP contribution >= 0.6 is 0 Å². The van der Waals surface area contributed by atoms with E-state index in [2.05, 4.69) is 10.3 Å². The van der Waals surface area contributed by atoms with Gasteiger partial charge in [-0.25, -0.2) is 0 Å². The molecule has 1 heterocycles. The SMILES string of the molecule is O=C(O)CCCC(=O)CNC(=O)c1ccncc1. The zero-order valence-corrected chi connectivity index (χ0v) is 9.76. The van der Waals surface area contributed by atoms with E-state index in [1.807, 2.05) is 0 Å². The number of ketones is 1. The van der Waals surface area contributed by atoms with Crippen LogP contribution in [0.1, 0.15) is 29.6 Å². The molecule has 0 saturated carbocycles. The van der Waals surface area contributed by atoms with Gasteiger partial charge in [-0.1, -0.05) is 0 Å². The number of nitrogens with zero attached hydrogens (tertiary/aromatic N) is 1. The van der Waals surface area contributed by atoms with E-state index >= 15 is 0 Å². The number of aliphatic carboxylic acids is 1.